The molecule has 0 bridgehead atoms. The third kappa shape index (κ3) is 2.56. The number of fused-ring (bicyclic) bond motifs is 1. The fraction of sp³-hybridized carbons (Fsp3) is 0.455. The van der Waals surface area contributed by atoms with Crippen molar-refractivity contribution in [2.45, 2.75) is 13.5 Å². The van der Waals surface area contributed by atoms with Crippen LogP contribution in [0.1, 0.15) is 12.6 Å². The first-order valence-electron chi connectivity index (χ1n) is 5.47. The van der Waals surface area contributed by atoms with Gasteiger partial charge in [-0.15, -0.1) is 0 Å². The van der Waals surface area contributed by atoms with Gasteiger partial charge in [-0.2, -0.15) is 0 Å². The fourth-order valence-electron chi connectivity index (χ4n) is 1.51. The number of hydrogen-bond donors (Lipinski definition) is 1. The molecular formula is C11H16N4O. The molecule has 16 heavy (non-hydrogen) atoms. The van der Waals surface area contributed by atoms with Gasteiger partial charge in [0.15, 0.2) is 0 Å². The Morgan fingerprint density at radius 2 is 2.38 bits per heavy atom. The highest BCUT2D eigenvalue weighted by Gasteiger charge is 2.01. The molecule has 0 fully saturated rings. The lowest BCUT2D eigenvalue weighted by atomic mass is 10.4. The van der Waals surface area contributed by atoms with Crippen LogP contribution in [0.5, 0.6) is 0 Å². The Kier molecular flexibility index (Phi) is 3.85. The van der Waals surface area contributed by atoms with Gasteiger partial charge in [-0.05, 0) is 13.0 Å². The Hall–Kier alpha value is -1.46. The second-order valence-corrected chi connectivity index (χ2v) is 3.41. The van der Waals surface area contributed by atoms with Gasteiger partial charge in [0.1, 0.15) is 0 Å². The lowest BCUT2D eigenvalue weighted by Crippen LogP contribution is -2.20. The third-order valence-corrected chi connectivity index (χ3v) is 2.30. The molecule has 0 saturated heterocycles. The van der Waals surface area contributed by atoms with E-state index in [0.717, 1.165) is 37.8 Å². The highest BCUT2D eigenvalue weighted by molar-refractivity contribution is 5.30. The summed E-state index contributed by atoms with van der Waals surface area (Å²) in [6.45, 7) is 5.13. The maximum atomic E-state index is 5.24. The summed E-state index contributed by atoms with van der Waals surface area (Å²) in [5.41, 5.74) is 1.11. The van der Waals surface area contributed by atoms with Crippen LogP contribution in [0.15, 0.2) is 24.7 Å². The summed E-state index contributed by atoms with van der Waals surface area (Å²) < 4.78 is 7.22. The van der Waals surface area contributed by atoms with Crippen molar-refractivity contribution in [2.24, 2.45) is 0 Å². The molecule has 0 aliphatic heterocycles. The molecule has 0 aromatic carbocycles. The van der Waals surface area contributed by atoms with Crippen LogP contribution >= 0.6 is 0 Å². The minimum Gasteiger partial charge on any atom is -0.380 e. The number of hydrogen-bond acceptors (Lipinski definition) is 4. The number of aromatic nitrogens is 3. The summed E-state index contributed by atoms with van der Waals surface area (Å²) in [7, 11) is 0. The maximum Gasteiger partial charge on any atom is 0.233 e. The molecule has 0 atom stereocenters. The van der Waals surface area contributed by atoms with Gasteiger partial charge in [-0.25, -0.2) is 9.97 Å². The summed E-state index contributed by atoms with van der Waals surface area (Å²) in [5, 5.41) is 3.30. The Morgan fingerprint density at radius 3 is 3.25 bits per heavy atom. The predicted octanol–water partition coefficient (Wildman–Crippen LogP) is 0.855. The lowest BCUT2D eigenvalue weighted by Gasteiger charge is -2.04. The van der Waals surface area contributed by atoms with Gasteiger partial charge in [0.05, 0.1) is 18.5 Å². The van der Waals surface area contributed by atoms with Crippen molar-refractivity contribution in [2.75, 3.05) is 19.8 Å². The summed E-state index contributed by atoms with van der Waals surface area (Å²) >= 11 is 0. The standard InChI is InChI=1S/C11H16N4O/c1-2-16-7-5-12-8-10-9-14-11-13-4-3-6-15(10)11/h3-4,6,9,12H,2,5,7-8H2,1H3. The van der Waals surface area contributed by atoms with Crippen LogP contribution in [0.4, 0.5) is 0 Å². The van der Waals surface area contributed by atoms with E-state index in [0.29, 0.717) is 0 Å². The molecule has 0 amide bonds. The normalized spacial score (nSPS) is 11.1. The SMILES string of the molecule is CCOCCNCc1cnc2ncccn12. The van der Waals surface area contributed by atoms with E-state index in [1.165, 1.54) is 0 Å². The van der Waals surface area contributed by atoms with Crippen LogP contribution in [0.3, 0.4) is 0 Å². The molecule has 0 saturated carbocycles. The van der Waals surface area contributed by atoms with E-state index in [1.54, 1.807) is 6.20 Å². The molecule has 0 aliphatic rings. The van der Waals surface area contributed by atoms with Crippen LogP contribution in [0.25, 0.3) is 5.78 Å². The number of rotatable bonds is 6. The van der Waals surface area contributed by atoms with E-state index in [-0.39, 0.29) is 0 Å². The molecule has 2 aromatic heterocycles. The molecule has 0 spiro atoms. The van der Waals surface area contributed by atoms with Gasteiger partial charge in [0.2, 0.25) is 5.78 Å². The van der Waals surface area contributed by atoms with Gasteiger partial charge in [0, 0.05) is 32.1 Å². The Labute approximate surface area is 94.5 Å². The summed E-state index contributed by atoms with van der Waals surface area (Å²) in [5.74, 6) is 0.740. The molecule has 0 radical (unpaired) electrons. The average molecular weight is 220 g/mol. The monoisotopic (exact) mass is 220 g/mol. The first-order valence-corrected chi connectivity index (χ1v) is 5.47. The van der Waals surface area contributed by atoms with E-state index < -0.39 is 0 Å². The van der Waals surface area contributed by atoms with Crippen molar-refractivity contribution in [3.63, 3.8) is 0 Å². The molecule has 1 N–H and O–H groups in total. The minimum absolute atomic E-state index is 0.740. The summed E-state index contributed by atoms with van der Waals surface area (Å²) in [6.07, 6.45) is 5.56. The van der Waals surface area contributed by atoms with E-state index in [4.69, 9.17) is 4.74 Å². The van der Waals surface area contributed by atoms with Crippen LogP contribution in [-0.4, -0.2) is 34.1 Å². The zero-order valence-corrected chi connectivity index (χ0v) is 9.39. The largest absolute Gasteiger partial charge is 0.380 e. The molecule has 86 valence electrons. The van der Waals surface area contributed by atoms with Crippen molar-refractivity contribution < 1.29 is 4.74 Å². The lowest BCUT2D eigenvalue weighted by molar-refractivity contribution is 0.149. The van der Waals surface area contributed by atoms with Crippen molar-refractivity contribution in [3.8, 4) is 0 Å². The molecule has 2 rings (SSSR count). The van der Waals surface area contributed by atoms with E-state index in [1.807, 2.05) is 29.8 Å². The Morgan fingerprint density at radius 1 is 1.44 bits per heavy atom. The Bertz CT molecular complexity index is 440. The second-order valence-electron chi connectivity index (χ2n) is 3.41. The van der Waals surface area contributed by atoms with Gasteiger partial charge >= 0.3 is 0 Å². The van der Waals surface area contributed by atoms with Gasteiger partial charge < -0.3 is 10.1 Å². The quantitative estimate of drug-likeness (QED) is 0.733. The van der Waals surface area contributed by atoms with Gasteiger partial charge in [-0.3, -0.25) is 4.40 Å². The van der Waals surface area contributed by atoms with Crippen molar-refractivity contribution >= 4 is 5.78 Å². The van der Waals surface area contributed by atoms with E-state index in [9.17, 15) is 0 Å². The van der Waals surface area contributed by atoms with Crippen LogP contribution < -0.4 is 5.32 Å². The first kappa shape index (κ1) is 11.0. The average Bonchev–Trinajstić information content (AvgIpc) is 2.73. The fourth-order valence-corrected chi connectivity index (χ4v) is 1.51. The van der Waals surface area contributed by atoms with Crippen molar-refractivity contribution in [1.82, 2.24) is 19.7 Å². The van der Waals surface area contributed by atoms with Crippen LogP contribution in [0, 0.1) is 0 Å². The molecule has 0 aliphatic carbocycles. The number of ether oxygens (including phenoxy) is 1. The van der Waals surface area contributed by atoms with E-state index in [2.05, 4.69) is 15.3 Å². The van der Waals surface area contributed by atoms with Crippen LogP contribution in [-0.2, 0) is 11.3 Å². The van der Waals surface area contributed by atoms with Gasteiger partial charge in [-0.1, -0.05) is 0 Å². The molecule has 5 heteroatoms. The number of nitrogens with zero attached hydrogens (tertiary/aromatic N) is 3. The van der Waals surface area contributed by atoms with Crippen LogP contribution in [0.2, 0.25) is 0 Å². The topological polar surface area (TPSA) is 51.5 Å². The minimum atomic E-state index is 0.740. The highest BCUT2D eigenvalue weighted by Crippen LogP contribution is 2.02. The maximum absolute atomic E-state index is 5.24. The number of imidazole rings is 1. The predicted molar refractivity (Wildman–Crippen MR) is 61.2 cm³/mol. The Balaban J connectivity index is 1.89. The second kappa shape index (κ2) is 5.58. The number of nitrogens with one attached hydrogen (secondary N) is 1. The first-order chi connectivity index (χ1) is 7.92. The van der Waals surface area contributed by atoms with Crippen molar-refractivity contribution in [3.05, 3.63) is 30.4 Å². The van der Waals surface area contributed by atoms with Gasteiger partial charge in [0.25, 0.3) is 0 Å². The molecule has 2 aromatic rings. The molecular weight excluding hydrogens is 204 g/mol. The molecule has 2 heterocycles. The molecule has 5 nitrogen and oxygen atoms in total. The van der Waals surface area contributed by atoms with Crippen molar-refractivity contribution in [1.29, 1.82) is 0 Å². The summed E-state index contributed by atoms with van der Waals surface area (Å²) in [4.78, 5) is 8.37. The zero-order chi connectivity index (χ0) is 11.2. The van der Waals surface area contributed by atoms with E-state index >= 15 is 0 Å². The molecule has 0 unspecified atom stereocenters. The summed E-state index contributed by atoms with van der Waals surface area (Å²) in [6, 6.07) is 1.90. The zero-order valence-electron chi connectivity index (χ0n) is 9.39. The third-order valence-electron chi connectivity index (χ3n) is 2.30. The smallest absolute Gasteiger partial charge is 0.233 e. The highest BCUT2D eigenvalue weighted by atomic mass is 16.5.